The molecule has 0 saturated carbocycles. The van der Waals surface area contributed by atoms with Crippen molar-refractivity contribution in [2.75, 3.05) is 19.0 Å². The minimum atomic E-state index is -1.15. The van der Waals surface area contributed by atoms with E-state index in [1.165, 1.54) is 11.8 Å². The van der Waals surface area contributed by atoms with Gasteiger partial charge in [0, 0.05) is 17.9 Å². The Bertz CT molecular complexity index is 463. The van der Waals surface area contributed by atoms with Crippen molar-refractivity contribution in [1.29, 1.82) is 0 Å². The van der Waals surface area contributed by atoms with Gasteiger partial charge in [0.2, 0.25) is 5.91 Å². The highest BCUT2D eigenvalue weighted by molar-refractivity contribution is 8.00. The maximum atomic E-state index is 11.7. The number of carboxylic acids is 1. The molecule has 0 aliphatic rings. The van der Waals surface area contributed by atoms with Crippen molar-refractivity contribution < 1.29 is 24.5 Å². The molecule has 7 heteroatoms. The molecule has 0 spiro atoms. The summed E-state index contributed by atoms with van der Waals surface area (Å²) in [5, 5.41) is 20.0. The number of benzene rings is 1. The van der Waals surface area contributed by atoms with Gasteiger partial charge >= 0.3 is 5.97 Å². The minimum absolute atomic E-state index is 0.00517. The van der Waals surface area contributed by atoms with Crippen molar-refractivity contribution in [2.24, 2.45) is 0 Å². The van der Waals surface area contributed by atoms with Crippen molar-refractivity contribution in [1.82, 2.24) is 5.32 Å². The highest BCUT2D eigenvalue weighted by atomic mass is 32.2. The van der Waals surface area contributed by atoms with Gasteiger partial charge in [-0.15, -0.1) is 11.8 Å². The fourth-order valence-corrected chi connectivity index (χ4v) is 2.28. The fourth-order valence-electron chi connectivity index (χ4n) is 1.57. The molecule has 1 aromatic rings. The second-order valence-corrected chi connectivity index (χ2v) is 5.21. The molecule has 1 rings (SSSR count). The molecule has 116 valence electrons. The number of carboxylic acid groups (broad SMARTS) is 1. The van der Waals surface area contributed by atoms with E-state index in [0.717, 1.165) is 10.6 Å². The predicted molar refractivity (Wildman–Crippen MR) is 79.6 cm³/mol. The summed E-state index contributed by atoms with van der Waals surface area (Å²) in [5.74, 6) is -0.651. The average Bonchev–Trinajstić information content (AvgIpc) is 2.46. The van der Waals surface area contributed by atoms with E-state index < -0.39 is 12.0 Å². The van der Waals surface area contributed by atoms with Crippen molar-refractivity contribution in [3.63, 3.8) is 0 Å². The van der Waals surface area contributed by atoms with Crippen LogP contribution in [0.25, 0.3) is 0 Å². The number of thioether (sulfide) groups is 1. The molecular formula is C14H19NO5S. The zero-order valence-electron chi connectivity index (χ0n) is 11.7. The standard InChI is InChI=1S/C14H19NO5S/c1-2-20-10-3-5-11(6-4-10)21-9-13(17)15-12(7-8-16)14(18)19/h3-6,12,16H,2,7-9H2,1H3,(H,15,17)(H,18,19). The number of amides is 1. The lowest BCUT2D eigenvalue weighted by Gasteiger charge is -2.13. The van der Waals surface area contributed by atoms with E-state index in [4.69, 9.17) is 14.9 Å². The largest absolute Gasteiger partial charge is 0.494 e. The monoisotopic (exact) mass is 313 g/mol. The number of carbonyl (C=O) groups excluding carboxylic acids is 1. The van der Waals surface area contributed by atoms with Crippen LogP contribution in [0.3, 0.4) is 0 Å². The minimum Gasteiger partial charge on any atom is -0.494 e. The third kappa shape index (κ3) is 6.50. The number of nitrogens with one attached hydrogen (secondary N) is 1. The van der Waals surface area contributed by atoms with Crippen molar-refractivity contribution in [3.05, 3.63) is 24.3 Å². The first-order chi connectivity index (χ1) is 10.1. The van der Waals surface area contributed by atoms with E-state index in [9.17, 15) is 9.59 Å². The molecule has 0 radical (unpaired) electrons. The maximum Gasteiger partial charge on any atom is 0.326 e. The van der Waals surface area contributed by atoms with Gasteiger partial charge in [-0.05, 0) is 31.2 Å². The normalized spacial score (nSPS) is 11.7. The summed E-state index contributed by atoms with van der Waals surface area (Å²) in [6.45, 7) is 2.21. The van der Waals surface area contributed by atoms with Gasteiger partial charge in [-0.3, -0.25) is 4.79 Å². The van der Waals surface area contributed by atoms with E-state index in [-0.39, 0.29) is 24.7 Å². The van der Waals surface area contributed by atoms with Crippen LogP contribution in [0.2, 0.25) is 0 Å². The molecule has 1 unspecified atom stereocenters. The number of carbonyl (C=O) groups is 2. The summed E-state index contributed by atoms with van der Waals surface area (Å²) >= 11 is 1.30. The molecule has 1 amide bonds. The summed E-state index contributed by atoms with van der Waals surface area (Å²) in [6.07, 6.45) is -0.00517. The fraction of sp³-hybridized carbons (Fsp3) is 0.429. The lowest BCUT2D eigenvalue weighted by molar-refractivity contribution is -0.141. The molecule has 0 aliphatic carbocycles. The van der Waals surface area contributed by atoms with Crippen LogP contribution in [0.4, 0.5) is 0 Å². The third-order valence-electron chi connectivity index (χ3n) is 2.56. The molecule has 0 saturated heterocycles. The van der Waals surface area contributed by atoms with Crippen molar-refractivity contribution in [2.45, 2.75) is 24.3 Å². The zero-order valence-corrected chi connectivity index (χ0v) is 12.6. The van der Waals surface area contributed by atoms with Gasteiger partial charge in [0.15, 0.2) is 0 Å². The molecule has 21 heavy (non-hydrogen) atoms. The first-order valence-corrected chi connectivity index (χ1v) is 7.54. The Morgan fingerprint density at radius 2 is 2.00 bits per heavy atom. The Morgan fingerprint density at radius 1 is 1.33 bits per heavy atom. The van der Waals surface area contributed by atoms with Gasteiger partial charge in [-0.2, -0.15) is 0 Å². The Labute approximate surface area is 127 Å². The number of aliphatic hydroxyl groups is 1. The second-order valence-electron chi connectivity index (χ2n) is 4.16. The summed E-state index contributed by atoms with van der Waals surface area (Å²) in [5.41, 5.74) is 0. The van der Waals surface area contributed by atoms with Gasteiger partial charge in [-0.25, -0.2) is 4.79 Å². The van der Waals surface area contributed by atoms with Crippen LogP contribution in [0.15, 0.2) is 29.2 Å². The predicted octanol–water partition coefficient (Wildman–Crippen LogP) is 1.13. The molecule has 0 heterocycles. The topological polar surface area (TPSA) is 95.9 Å². The first kappa shape index (κ1) is 17.3. The maximum absolute atomic E-state index is 11.7. The first-order valence-electron chi connectivity index (χ1n) is 6.55. The van der Waals surface area contributed by atoms with Gasteiger partial charge in [-0.1, -0.05) is 0 Å². The van der Waals surface area contributed by atoms with Crippen LogP contribution in [-0.2, 0) is 9.59 Å². The average molecular weight is 313 g/mol. The molecule has 0 aromatic heterocycles. The van der Waals surface area contributed by atoms with Gasteiger partial charge in [0.05, 0.1) is 12.4 Å². The smallest absolute Gasteiger partial charge is 0.326 e. The van der Waals surface area contributed by atoms with Crippen LogP contribution >= 0.6 is 11.8 Å². The molecular weight excluding hydrogens is 294 g/mol. The molecule has 0 fully saturated rings. The lowest BCUT2D eigenvalue weighted by Crippen LogP contribution is -2.42. The summed E-state index contributed by atoms with van der Waals surface area (Å²) in [7, 11) is 0. The Morgan fingerprint density at radius 3 is 2.52 bits per heavy atom. The molecule has 1 atom stereocenters. The summed E-state index contributed by atoms with van der Waals surface area (Å²) in [6, 6.07) is 6.25. The van der Waals surface area contributed by atoms with Crippen LogP contribution in [0.1, 0.15) is 13.3 Å². The number of aliphatic carboxylic acids is 1. The highest BCUT2D eigenvalue weighted by Crippen LogP contribution is 2.21. The molecule has 6 nitrogen and oxygen atoms in total. The van der Waals surface area contributed by atoms with E-state index in [1.807, 2.05) is 31.2 Å². The number of rotatable bonds is 9. The van der Waals surface area contributed by atoms with Crippen LogP contribution in [0.5, 0.6) is 5.75 Å². The number of ether oxygens (including phenoxy) is 1. The van der Waals surface area contributed by atoms with Crippen molar-refractivity contribution >= 4 is 23.6 Å². The van der Waals surface area contributed by atoms with E-state index >= 15 is 0 Å². The van der Waals surface area contributed by atoms with E-state index in [1.54, 1.807) is 0 Å². The quantitative estimate of drug-likeness (QED) is 0.592. The second kappa shape index (κ2) is 9.25. The molecule has 0 aliphatic heterocycles. The number of hydrogen-bond donors (Lipinski definition) is 3. The van der Waals surface area contributed by atoms with Gasteiger partial charge in [0.1, 0.15) is 11.8 Å². The third-order valence-corrected chi connectivity index (χ3v) is 3.57. The van der Waals surface area contributed by atoms with E-state index in [2.05, 4.69) is 5.32 Å². The van der Waals surface area contributed by atoms with Crippen LogP contribution in [-0.4, -0.2) is 47.1 Å². The van der Waals surface area contributed by atoms with Gasteiger partial charge < -0.3 is 20.3 Å². The van der Waals surface area contributed by atoms with Crippen LogP contribution < -0.4 is 10.1 Å². The van der Waals surface area contributed by atoms with Crippen molar-refractivity contribution in [3.8, 4) is 5.75 Å². The molecule has 3 N–H and O–H groups in total. The summed E-state index contributed by atoms with van der Waals surface area (Å²) in [4.78, 5) is 23.4. The number of hydrogen-bond acceptors (Lipinski definition) is 5. The molecule has 1 aromatic carbocycles. The Balaban J connectivity index is 2.43. The zero-order chi connectivity index (χ0) is 15.7. The SMILES string of the molecule is CCOc1ccc(SCC(=O)NC(CCO)C(=O)O)cc1. The Hall–Kier alpha value is -1.73. The van der Waals surface area contributed by atoms with Gasteiger partial charge in [0.25, 0.3) is 0 Å². The molecule has 0 bridgehead atoms. The van der Waals surface area contributed by atoms with Crippen LogP contribution in [0, 0.1) is 0 Å². The number of aliphatic hydroxyl groups excluding tert-OH is 1. The highest BCUT2D eigenvalue weighted by Gasteiger charge is 2.18. The summed E-state index contributed by atoms with van der Waals surface area (Å²) < 4.78 is 5.31. The lowest BCUT2D eigenvalue weighted by atomic mass is 10.2. The van der Waals surface area contributed by atoms with E-state index in [0.29, 0.717) is 6.61 Å². The Kier molecular flexibility index (Phi) is 7.63.